The van der Waals surface area contributed by atoms with Gasteiger partial charge in [0.25, 0.3) is 5.96 Å². The van der Waals surface area contributed by atoms with E-state index < -0.39 is 0 Å². The molecule has 2 unspecified atom stereocenters. The Labute approximate surface area is 629 Å². The van der Waals surface area contributed by atoms with E-state index in [0.717, 1.165) is 98.8 Å². The fraction of sp³-hybridized carbons (Fsp3) is 0.444. The van der Waals surface area contributed by atoms with Gasteiger partial charge in [-0.3, -0.25) is 0 Å². The van der Waals surface area contributed by atoms with Crippen molar-refractivity contribution in [3.05, 3.63) is 279 Å². The average molecular weight is 1440 g/mol. The summed E-state index contributed by atoms with van der Waals surface area (Å²) in [5.41, 5.74) is 16.2. The molecule has 0 N–H and O–H groups in total. The molecule has 10 heteroatoms. The summed E-state index contributed by atoms with van der Waals surface area (Å²) in [5.74, 6) is 1.59. The van der Waals surface area contributed by atoms with Crippen LogP contribution in [0.15, 0.2) is 175 Å². The Hall–Kier alpha value is -6.05. The maximum absolute atomic E-state index is 8.13. The first-order valence-electron chi connectivity index (χ1n) is 35.9. The van der Waals surface area contributed by atoms with Crippen LogP contribution in [0.3, 0.4) is 0 Å². The van der Waals surface area contributed by atoms with Gasteiger partial charge in [0.2, 0.25) is 0 Å². The van der Waals surface area contributed by atoms with Crippen LogP contribution in [0.2, 0.25) is 20.1 Å². The third-order valence-corrected chi connectivity index (χ3v) is 22.2. The SMILES string of the molecule is CC(C)(C)c1cc(CN2C(=NC3=[N+](Cc4cc(C(C)(C)C)cc(C(C)(C)C)c4Cl)[C@@H](c4ccccc4)[C@H](c4ccccc4)N3Cc3cc(C(C)(C)C)cc(C(C)(C)C)c3Cl)N(Cc3cc(C(C)(C)C)cc(C(C)(C)C)c3Cl)C(c3ccccc3)C2c2ccccc2)c(Cl)c(C(C)(C)C)c1.[Cl-]. The van der Waals surface area contributed by atoms with Crippen molar-refractivity contribution in [1.82, 2.24) is 14.7 Å². The van der Waals surface area contributed by atoms with E-state index in [4.69, 9.17) is 51.4 Å². The summed E-state index contributed by atoms with van der Waals surface area (Å²) in [4.78, 5) is 14.6. The van der Waals surface area contributed by atoms with Crippen LogP contribution in [0.1, 0.15) is 279 Å². The number of halogens is 5. The van der Waals surface area contributed by atoms with Crippen molar-refractivity contribution in [2.24, 2.45) is 4.99 Å². The van der Waals surface area contributed by atoms with Gasteiger partial charge in [-0.05, 0) is 126 Å². The lowest BCUT2D eigenvalue weighted by atomic mass is 9.79. The number of aliphatic imine (C=N–C) groups is 1. The third-order valence-electron chi connectivity index (χ3n) is 20.4. The van der Waals surface area contributed by atoms with Crippen LogP contribution in [0.25, 0.3) is 0 Å². The summed E-state index contributed by atoms with van der Waals surface area (Å²) in [6, 6.07) is 62.1. The van der Waals surface area contributed by atoms with Crippen molar-refractivity contribution in [2.75, 3.05) is 0 Å². The van der Waals surface area contributed by atoms with Crippen molar-refractivity contribution in [2.45, 2.75) is 260 Å². The lowest BCUT2D eigenvalue weighted by molar-refractivity contribution is -0.583. The van der Waals surface area contributed by atoms with Crippen LogP contribution in [-0.4, -0.2) is 31.2 Å². The molecule has 0 saturated carbocycles. The number of hydrogen-bond acceptors (Lipinski definition) is 2. The van der Waals surface area contributed by atoms with Crippen LogP contribution in [0.4, 0.5) is 0 Å². The zero-order valence-electron chi connectivity index (χ0n) is 64.4. The van der Waals surface area contributed by atoms with Gasteiger partial charge in [0.15, 0.2) is 0 Å². The molecule has 8 aromatic carbocycles. The second-order valence-corrected chi connectivity index (χ2v) is 38.1. The molecule has 0 radical (unpaired) electrons. The van der Waals surface area contributed by atoms with Gasteiger partial charge in [0.05, 0.1) is 35.2 Å². The Morgan fingerprint density at radius 3 is 0.840 bits per heavy atom. The fourth-order valence-electron chi connectivity index (χ4n) is 14.4. The van der Waals surface area contributed by atoms with E-state index in [2.05, 4.69) is 355 Å². The Kier molecular flexibility index (Phi) is 22.6. The molecule has 100 heavy (non-hydrogen) atoms. The lowest BCUT2D eigenvalue weighted by Crippen LogP contribution is -3.00. The first kappa shape index (κ1) is 78.1. The van der Waals surface area contributed by atoms with E-state index in [-0.39, 0.29) is 79.9 Å². The fourth-order valence-corrected chi connectivity index (χ4v) is 16.2. The van der Waals surface area contributed by atoms with Crippen molar-refractivity contribution < 1.29 is 17.0 Å². The van der Waals surface area contributed by atoms with Crippen LogP contribution in [0, 0.1) is 0 Å². The van der Waals surface area contributed by atoms with E-state index in [1.165, 1.54) is 22.3 Å². The Balaban J connectivity index is 0.0000117. The number of guanidine groups is 2. The molecule has 0 aliphatic carbocycles. The number of benzene rings is 8. The highest BCUT2D eigenvalue weighted by molar-refractivity contribution is 6.33. The molecular formula is C90H112Cl5N5. The predicted molar refractivity (Wildman–Crippen MR) is 425 cm³/mol. The molecule has 4 atom stereocenters. The predicted octanol–water partition coefficient (Wildman–Crippen LogP) is 22.4. The first-order chi connectivity index (χ1) is 45.8. The van der Waals surface area contributed by atoms with Crippen LogP contribution in [0.5, 0.6) is 0 Å². The number of rotatable bonds is 12. The molecule has 5 nitrogen and oxygen atoms in total. The molecule has 0 amide bonds. The molecule has 1 saturated heterocycles. The normalized spacial score (nSPS) is 17.6. The standard InChI is InChI=1S/C90H112Cl4N5.ClH/c1-83(2,3)65-45-61(73(91)69(49-65)87(13,14)15)53-96-77(57-37-29-25-30-38-57)78(58-39-31-26-32-40-58)97(54-62-46-66(84(4,5)6)50-70(74(62)92)88(16,17)18)81(96)95-82-98(55-63-47-67(85(7,8)9)51-71(75(63)93)89(19,20)21)79(59-41-33-27-34-42-59)80(60-43-35-28-36-44-60)99(82)56-64-48-68(86(10,11)12)52-72(76(64)94)90(22,23)24;/h25-52,77-80H,53-56H2,1-24H3;1H/q+1;/p-1/t77-,78-,79?,80?;/m0./s1. The van der Waals surface area contributed by atoms with Gasteiger partial charge < -0.3 is 22.2 Å². The molecule has 10 rings (SSSR count). The van der Waals surface area contributed by atoms with E-state index in [0.29, 0.717) is 26.2 Å². The maximum Gasteiger partial charge on any atom is 0.394 e. The number of hydrogen-bond donors (Lipinski definition) is 0. The van der Waals surface area contributed by atoms with Crippen molar-refractivity contribution in [3.8, 4) is 0 Å². The van der Waals surface area contributed by atoms with Gasteiger partial charge >= 0.3 is 5.96 Å². The molecular weight excluding hydrogens is 1330 g/mol. The first-order valence-corrected chi connectivity index (χ1v) is 37.4. The molecule has 532 valence electrons. The molecule has 0 bridgehead atoms. The maximum atomic E-state index is 8.13. The quantitative estimate of drug-likeness (QED) is 0.114. The highest BCUT2D eigenvalue weighted by Crippen LogP contribution is 2.52. The summed E-state index contributed by atoms with van der Waals surface area (Å²) in [5, 5.41) is 3.07. The Morgan fingerprint density at radius 2 is 0.560 bits per heavy atom. The van der Waals surface area contributed by atoms with Crippen LogP contribution in [-0.2, 0) is 69.5 Å². The Morgan fingerprint density at radius 1 is 0.310 bits per heavy atom. The number of nitrogens with zero attached hydrogens (tertiary/aromatic N) is 5. The topological polar surface area (TPSA) is 25.1 Å². The monoisotopic (exact) mass is 1440 g/mol. The molecule has 0 spiro atoms. The van der Waals surface area contributed by atoms with E-state index in [1.807, 2.05) is 0 Å². The van der Waals surface area contributed by atoms with Gasteiger partial charge in [-0.25, -0.2) is 9.48 Å². The average Bonchev–Trinajstić information content (AvgIpc) is 1.56. The summed E-state index contributed by atoms with van der Waals surface area (Å²) in [7, 11) is 0. The Bertz CT molecular complexity index is 4150. The summed E-state index contributed by atoms with van der Waals surface area (Å²) in [6.07, 6.45) is 0. The van der Waals surface area contributed by atoms with Crippen molar-refractivity contribution >= 4 is 58.3 Å². The lowest BCUT2D eigenvalue weighted by Gasteiger charge is -2.32. The molecule has 1 fully saturated rings. The summed E-state index contributed by atoms with van der Waals surface area (Å²) in [6.45, 7) is 56.8. The molecule has 0 aromatic heterocycles. The van der Waals surface area contributed by atoms with Gasteiger partial charge in [-0.15, -0.1) is 0 Å². The highest BCUT2D eigenvalue weighted by atomic mass is 35.5. The van der Waals surface area contributed by atoms with Gasteiger partial charge in [0, 0.05) is 34.3 Å². The second-order valence-electron chi connectivity index (χ2n) is 36.6. The highest BCUT2D eigenvalue weighted by Gasteiger charge is 2.54. The molecule has 2 aliphatic rings. The summed E-state index contributed by atoms with van der Waals surface area (Å²) >= 11 is 32.5. The smallest absolute Gasteiger partial charge is 0.394 e. The van der Waals surface area contributed by atoms with Gasteiger partial charge in [0.1, 0.15) is 12.1 Å². The van der Waals surface area contributed by atoms with Gasteiger partial charge in [-0.2, -0.15) is 0 Å². The minimum atomic E-state index is -0.315. The van der Waals surface area contributed by atoms with E-state index in [1.54, 1.807) is 0 Å². The minimum Gasteiger partial charge on any atom is -1.00 e. The molecule has 8 aromatic rings. The zero-order chi connectivity index (χ0) is 72.7. The van der Waals surface area contributed by atoms with Crippen LogP contribution >= 0.6 is 46.4 Å². The van der Waals surface area contributed by atoms with Gasteiger partial charge in [-0.1, -0.05) is 382 Å². The molecule has 2 heterocycles. The third kappa shape index (κ3) is 16.6. The van der Waals surface area contributed by atoms with E-state index in [9.17, 15) is 0 Å². The van der Waals surface area contributed by atoms with E-state index >= 15 is 0 Å². The largest absolute Gasteiger partial charge is 1.00 e. The van der Waals surface area contributed by atoms with Crippen molar-refractivity contribution in [3.63, 3.8) is 0 Å². The van der Waals surface area contributed by atoms with Crippen molar-refractivity contribution in [1.29, 1.82) is 0 Å². The van der Waals surface area contributed by atoms with Crippen LogP contribution < -0.4 is 12.4 Å². The molecule has 2 aliphatic heterocycles. The zero-order valence-corrected chi connectivity index (χ0v) is 68.2. The summed E-state index contributed by atoms with van der Waals surface area (Å²) < 4.78 is 2.60. The second kappa shape index (κ2) is 28.9. The minimum absolute atomic E-state index is 0.